The van der Waals surface area contributed by atoms with E-state index in [4.69, 9.17) is 9.84 Å². The number of nitrogens with zero attached hydrogens (tertiary/aromatic N) is 1. The zero-order valence-electron chi connectivity index (χ0n) is 7.31. The highest BCUT2D eigenvalue weighted by Gasteiger charge is 2.39. The van der Waals surface area contributed by atoms with Crippen molar-refractivity contribution in [1.82, 2.24) is 4.90 Å². The predicted molar refractivity (Wildman–Crippen MR) is 49.5 cm³/mol. The summed E-state index contributed by atoms with van der Waals surface area (Å²) >= 11 is 1.78. The minimum absolute atomic E-state index is 0.00278. The van der Waals surface area contributed by atoms with Crippen LogP contribution < -0.4 is 0 Å². The van der Waals surface area contributed by atoms with Gasteiger partial charge < -0.3 is 9.84 Å². The van der Waals surface area contributed by atoms with E-state index >= 15 is 0 Å². The lowest BCUT2D eigenvalue weighted by Gasteiger charge is -2.25. The molecule has 0 aromatic heterocycles. The summed E-state index contributed by atoms with van der Waals surface area (Å²) in [5.74, 6) is 1.10. The van der Waals surface area contributed by atoms with Crippen LogP contribution in [0.4, 0.5) is 4.79 Å². The van der Waals surface area contributed by atoms with Crippen LogP contribution in [0, 0.1) is 0 Å². The Labute approximate surface area is 81.2 Å². The van der Waals surface area contributed by atoms with E-state index in [2.05, 4.69) is 0 Å². The summed E-state index contributed by atoms with van der Waals surface area (Å²) in [6.07, 6.45) is 1.91. The molecule has 0 aliphatic carbocycles. The van der Waals surface area contributed by atoms with Crippen LogP contribution in [0.2, 0.25) is 0 Å². The monoisotopic (exact) mass is 203 g/mol. The molecule has 0 spiro atoms. The van der Waals surface area contributed by atoms with Gasteiger partial charge in [0.25, 0.3) is 0 Å². The van der Waals surface area contributed by atoms with Crippen LogP contribution in [0.1, 0.15) is 12.8 Å². The van der Waals surface area contributed by atoms with Gasteiger partial charge in [-0.15, -0.1) is 11.8 Å². The topological polar surface area (TPSA) is 49.8 Å². The number of amides is 1. The molecule has 74 valence electrons. The molecule has 2 rings (SSSR count). The fourth-order valence-electron chi connectivity index (χ4n) is 1.74. The van der Waals surface area contributed by atoms with Crippen molar-refractivity contribution in [3.05, 3.63) is 0 Å². The molecule has 13 heavy (non-hydrogen) atoms. The lowest BCUT2D eigenvalue weighted by Crippen LogP contribution is -2.41. The van der Waals surface area contributed by atoms with Crippen LogP contribution in [-0.2, 0) is 4.74 Å². The summed E-state index contributed by atoms with van der Waals surface area (Å²) in [6, 6.07) is -0.122. The van der Waals surface area contributed by atoms with Crippen molar-refractivity contribution in [3.63, 3.8) is 0 Å². The van der Waals surface area contributed by atoms with Crippen molar-refractivity contribution in [2.75, 3.05) is 19.0 Å². The summed E-state index contributed by atoms with van der Waals surface area (Å²) in [5, 5.41) is 9.26. The number of aliphatic hydroxyl groups is 1. The Morgan fingerprint density at radius 3 is 3.15 bits per heavy atom. The lowest BCUT2D eigenvalue weighted by molar-refractivity contribution is 0.148. The first-order valence-corrected chi connectivity index (χ1v) is 5.55. The number of thioether (sulfide) groups is 1. The number of hydrogen-bond acceptors (Lipinski definition) is 4. The van der Waals surface area contributed by atoms with Gasteiger partial charge in [0.15, 0.2) is 0 Å². The molecule has 5 heteroatoms. The highest BCUT2D eigenvalue weighted by Crippen LogP contribution is 2.32. The van der Waals surface area contributed by atoms with Gasteiger partial charge in [-0.1, -0.05) is 0 Å². The van der Waals surface area contributed by atoms with E-state index in [1.165, 1.54) is 0 Å². The Bertz CT molecular complexity index is 206. The molecule has 2 heterocycles. The fraction of sp³-hybridized carbons (Fsp3) is 0.875. The molecule has 2 unspecified atom stereocenters. The predicted octanol–water partition coefficient (Wildman–Crippen LogP) is 0.653. The third-order valence-electron chi connectivity index (χ3n) is 2.43. The summed E-state index contributed by atoms with van der Waals surface area (Å²) in [4.78, 5) is 13.0. The van der Waals surface area contributed by atoms with E-state index in [9.17, 15) is 4.79 Å². The van der Waals surface area contributed by atoms with Gasteiger partial charge in [0.05, 0.1) is 18.0 Å². The number of rotatable bonds is 2. The Morgan fingerprint density at radius 1 is 1.69 bits per heavy atom. The van der Waals surface area contributed by atoms with Crippen molar-refractivity contribution >= 4 is 17.9 Å². The van der Waals surface area contributed by atoms with Gasteiger partial charge >= 0.3 is 6.09 Å². The van der Waals surface area contributed by atoms with Gasteiger partial charge in [0.1, 0.15) is 6.61 Å². The molecule has 0 radical (unpaired) electrons. The zero-order chi connectivity index (χ0) is 9.26. The van der Waals surface area contributed by atoms with Crippen LogP contribution in [0.3, 0.4) is 0 Å². The number of aliphatic hydroxyl groups excluding tert-OH is 1. The third-order valence-corrected chi connectivity index (χ3v) is 3.80. The minimum atomic E-state index is -0.265. The first-order valence-electron chi connectivity index (χ1n) is 4.50. The molecule has 2 atom stereocenters. The molecule has 2 aliphatic heterocycles. The molecule has 0 aromatic carbocycles. The van der Waals surface area contributed by atoms with Crippen molar-refractivity contribution in [2.24, 2.45) is 0 Å². The maximum Gasteiger partial charge on any atom is 0.411 e. The van der Waals surface area contributed by atoms with Crippen LogP contribution >= 0.6 is 11.8 Å². The Morgan fingerprint density at radius 2 is 2.54 bits per heavy atom. The van der Waals surface area contributed by atoms with Crippen LogP contribution in [0.5, 0.6) is 0 Å². The molecule has 0 aromatic rings. The molecular weight excluding hydrogens is 190 g/mol. The highest BCUT2D eigenvalue weighted by atomic mass is 32.2. The average molecular weight is 203 g/mol. The second-order valence-electron chi connectivity index (χ2n) is 3.29. The SMILES string of the molecule is O=C1OCC(CO)N1C1CCCS1. The van der Waals surface area contributed by atoms with E-state index in [1.807, 2.05) is 0 Å². The first-order chi connectivity index (χ1) is 6.33. The zero-order valence-corrected chi connectivity index (χ0v) is 8.13. The Kier molecular flexibility index (Phi) is 2.64. The molecule has 2 saturated heterocycles. The largest absolute Gasteiger partial charge is 0.447 e. The maximum absolute atomic E-state index is 11.3. The quantitative estimate of drug-likeness (QED) is 0.716. The molecule has 0 bridgehead atoms. The maximum atomic E-state index is 11.3. The van der Waals surface area contributed by atoms with Gasteiger partial charge in [-0.2, -0.15) is 0 Å². The molecule has 2 aliphatic rings. The van der Waals surface area contributed by atoms with Gasteiger partial charge in [-0.3, -0.25) is 4.90 Å². The molecular formula is C8H13NO3S. The number of hydrogen-bond donors (Lipinski definition) is 1. The first kappa shape index (κ1) is 9.15. The Balaban J connectivity index is 2.04. The van der Waals surface area contributed by atoms with Gasteiger partial charge in [0.2, 0.25) is 0 Å². The molecule has 1 N–H and O–H groups in total. The van der Waals surface area contributed by atoms with Crippen molar-refractivity contribution in [3.8, 4) is 0 Å². The standard InChI is InChI=1S/C8H13NO3S/c10-4-6-5-12-8(11)9(6)7-2-1-3-13-7/h6-7,10H,1-5H2. The van der Waals surface area contributed by atoms with Crippen molar-refractivity contribution < 1.29 is 14.6 Å². The van der Waals surface area contributed by atoms with Gasteiger partial charge in [0, 0.05) is 0 Å². The van der Waals surface area contributed by atoms with Crippen LogP contribution in [0.15, 0.2) is 0 Å². The van der Waals surface area contributed by atoms with Gasteiger partial charge in [-0.05, 0) is 18.6 Å². The van der Waals surface area contributed by atoms with Crippen LogP contribution in [-0.4, -0.2) is 46.5 Å². The molecule has 1 amide bonds. The van der Waals surface area contributed by atoms with E-state index < -0.39 is 0 Å². The summed E-state index contributed by atoms with van der Waals surface area (Å²) < 4.78 is 4.90. The number of carbonyl (C=O) groups is 1. The number of ether oxygens (including phenoxy) is 1. The second kappa shape index (κ2) is 3.75. The summed E-state index contributed by atoms with van der Waals surface area (Å²) in [6.45, 7) is 0.342. The minimum Gasteiger partial charge on any atom is -0.447 e. The van der Waals surface area contributed by atoms with Crippen molar-refractivity contribution in [1.29, 1.82) is 0 Å². The normalized spacial score (nSPS) is 33.9. The van der Waals surface area contributed by atoms with E-state index in [0.717, 1.165) is 18.6 Å². The fourth-order valence-corrected chi connectivity index (χ4v) is 3.10. The highest BCUT2D eigenvalue weighted by molar-refractivity contribution is 8.00. The molecule has 4 nitrogen and oxygen atoms in total. The number of carbonyl (C=O) groups excluding carboxylic acids is 1. The lowest BCUT2D eigenvalue weighted by atomic mass is 10.2. The van der Waals surface area contributed by atoms with E-state index in [1.54, 1.807) is 16.7 Å². The smallest absolute Gasteiger partial charge is 0.411 e. The second-order valence-corrected chi connectivity index (χ2v) is 4.57. The van der Waals surface area contributed by atoms with Crippen LogP contribution in [0.25, 0.3) is 0 Å². The summed E-state index contributed by atoms with van der Waals surface area (Å²) in [7, 11) is 0. The summed E-state index contributed by atoms with van der Waals surface area (Å²) in [5.41, 5.74) is 0. The van der Waals surface area contributed by atoms with E-state index in [-0.39, 0.29) is 24.1 Å². The van der Waals surface area contributed by atoms with Crippen molar-refractivity contribution in [2.45, 2.75) is 24.3 Å². The number of cyclic esters (lactones) is 1. The average Bonchev–Trinajstić information content (AvgIpc) is 2.72. The molecule has 2 fully saturated rings. The molecule has 0 saturated carbocycles. The Hall–Kier alpha value is -0.420. The third kappa shape index (κ3) is 1.62. The van der Waals surface area contributed by atoms with E-state index in [0.29, 0.717) is 6.61 Å². The van der Waals surface area contributed by atoms with Gasteiger partial charge in [-0.25, -0.2) is 4.79 Å².